The lowest BCUT2D eigenvalue weighted by Gasteiger charge is -2.29. The van der Waals surface area contributed by atoms with Crippen LogP contribution in [0.1, 0.15) is 31.2 Å². The zero-order chi connectivity index (χ0) is 15.5. The van der Waals surface area contributed by atoms with Crippen LogP contribution in [0, 0.1) is 23.0 Å². The number of likely N-dealkylation sites (tertiary alicyclic amines) is 1. The van der Waals surface area contributed by atoms with Gasteiger partial charge in [0.1, 0.15) is 5.69 Å². The van der Waals surface area contributed by atoms with Gasteiger partial charge in [-0.15, -0.1) is 0 Å². The van der Waals surface area contributed by atoms with E-state index in [1.807, 2.05) is 19.1 Å². The molecule has 2 fully saturated rings. The highest BCUT2D eigenvalue weighted by atomic mass is 16.6. The van der Waals surface area contributed by atoms with Gasteiger partial charge in [0, 0.05) is 25.7 Å². The third kappa shape index (κ3) is 3.40. The zero-order valence-electron chi connectivity index (χ0n) is 13.3. The number of nitro benzene ring substituents is 1. The predicted octanol–water partition coefficient (Wildman–Crippen LogP) is 3.22. The van der Waals surface area contributed by atoms with Crippen LogP contribution in [0.4, 0.5) is 11.4 Å². The van der Waals surface area contributed by atoms with E-state index in [0.29, 0.717) is 5.92 Å². The average Bonchev–Trinajstić information content (AvgIpc) is 2.96. The molecule has 0 spiro atoms. The zero-order valence-corrected chi connectivity index (χ0v) is 13.3. The Morgan fingerprint density at radius 3 is 2.73 bits per heavy atom. The summed E-state index contributed by atoms with van der Waals surface area (Å²) in [6.45, 7) is 7.38. The number of benzene rings is 1. The van der Waals surface area contributed by atoms with E-state index in [9.17, 15) is 10.1 Å². The number of hydrogen-bond acceptors (Lipinski definition) is 4. The van der Waals surface area contributed by atoms with Crippen molar-refractivity contribution in [2.45, 2.75) is 32.6 Å². The Balaban J connectivity index is 1.66. The molecular formula is C17H25N3O2. The van der Waals surface area contributed by atoms with E-state index >= 15 is 0 Å². The van der Waals surface area contributed by atoms with E-state index in [1.165, 1.54) is 32.4 Å². The Kier molecular flexibility index (Phi) is 4.62. The standard InChI is InChI=1S/C17H25N3O2/c1-14-5-6-16(17(11-14)20(21)22)19-10-7-15(13-19)12-18-8-3-2-4-9-18/h5-6,11,15H,2-4,7-10,12-13H2,1H3. The van der Waals surface area contributed by atoms with E-state index in [0.717, 1.165) is 37.3 Å². The van der Waals surface area contributed by atoms with Crippen LogP contribution in [-0.2, 0) is 0 Å². The van der Waals surface area contributed by atoms with Gasteiger partial charge in [-0.2, -0.15) is 0 Å². The maximum atomic E-state index is 11.3. The maximum Gasteiger partial charge on any atom is 0.292 e. The van der Waals surface area contributed by atoms with Gasteiger partial charge in [0.05, 0.1) is 4.92 Å². The predicted molar refractivity (Wildman–Crippen MR) is 88.4 cm³/mol. The topological polar surface area (TPSA) is 49.6 Å². The molecule has 0 bridgehead atoms. The van der Waals surface area contributed by atoms with Crippen molar-refractivity contribution < 1.29 is 4.92 Å². The van der Waals surface area contributed by atoms with Gasteiger partial charge >= 0.3 is 0 Å². The Labute approximate surface area is 132 Å². The van der Waals surface area contributed by atoms with Crippen molar-refractivity contribution in [1.82, 2.24) is 4.90 Å². The average molecular weight is 303 g/mol. The molecule has 0 amide bonds. The largest absolute Gasteiger partial charge is 0.366 e. The molecule has 1 aromatic rings. The lowest BCUT2D eigenvalue weighted by molar-refractivity contribution is -0.384. The highest BCUT2D eigenvalue weighted by Crippen LogP contribution is 2.33. The van der Waals surface area contributed by atoms with Crippen LogP contribution in [0.15, 0.2) is 18.2 Å². The van der Waals surface area contributed by atoms with E-state index in [4.69, 9.17) is 0 Å². The lowest BCUT2D eigenvalue weighted by atomic mass is 10.1. The first-order chi connectivity index (χ1) is 10.6. The number of nitrogens with zero attached hydrogens (tertiary/aromatic N) is 3. The maximum absolute atomic E-state index is 11.3. The Hall–Kier alpha value is -1.62. The van der Waals surface area contributed by atoms with Gasteiger partial charge in [0.25, 0.3) is 5.69 Å². The summed E-state index contributed by atoms with van der Waals surface area (Å²) >= 11 is 0. The molecule has 2 saturated heterocycles. The first-order valence-corrected chi connectivity index (χ1v) is 8.36. The summed E-state index contributed by atoms with van der Waals surface area (Å²) in [6, 6.07) is 5.57. The molecule has 0 saturated carbocycles. The molecule has 5 heteroatoms. The van der Waals surface area contributed by atoms with Gasteiger partial charge in [-0.3, -0.25) is 10.1 Å². The second-order valence-corrected chi connectivity index (χ2v) is 6.71. The number of piperidine rings is 1. The fraction of sp³-hybridized carbons (Fsp3) is 0.647. The van der Waals surface area contributed by atoms with Gasteiger partial charge in [0.15, 0.2) is 0 Å². The van der Waals surface area contributed by atoms with Gasteiger partial charge in [-0.05, 0) is 56.8 Å². The molecule has 0 aromatic heterocycles. The minimum atomic E-state index is -0.250. The first kappa shape index (κ1) is 15.3. The molecule has 22 heavy (non-hydrogen) atoms. The van der Waals surface area contributed by atoms with Crippen LogP contribution in [-0.4, -0.2) is 42.5 Å². The summed E-state index contributed by atoms with van der Waals surface area (Å²) in [7, 11) is 0. The Morgan fingerprint density at radius 1 is 1.23 bits per heavy atom. The van der Waals surface area contributed by atoms with E-state index in [1.54, 1.807) is 6.07 Å². The van der Waals surface area contributed by atoms with Gasteiger partial charge in [-0.25, -0.2) is 0 Å². The van der Waals surface area contributed by atoms with Crippen LogP contribution >= 0.6 is 0 Å². The lowest BCUT2D eigenvalue weighted by Crippen LogP contribution is -2.35. The van der Waals surface area contributed by atoms with Gasteiger partial charge < -0.3 is 9.80 Å². The summed E-state index contributed by atoms with van der Waals surface area (Å²) in [5.41, 5.74) is 1.98. The van der Waals surface area contributed by atoms with E-state index in [2.05, 4.69) is 9.80 Å². The fourth-order valence-corrected chi connectivity index (χ4v) is 3.75. The number of nitro groups is 1. The van der Waals surface area contributed by atoms with Crippen molar-refractivity contribution in [2.24, 2.45) is 5.92 Å². The van der Waals surface area contributed by atoms with Crippen molar-refractivity contribution >= 4 is 11.4 Å². The summed E-state index contributed by atoms with van der Waals surface area (Å²) < 4.78 is 0. The van der Waals surface area contributed by atoms with Crippen LogP contribution in [0.2, 0.25) is 0 Å². The summed E-state index contributed by atoms with van der Waals surface area (Å²) in [6.07, 6.45) is 5.14. The molecular weight excluding hydrogens is 278 g/mol. The van der Waals surface area contributed by atoms with Crippen LogP contribution in [0.25, 0.3) is 0 Å². The third-order valence-electron chi connectivity index (χ3n) is 4.92. The molecule has 1 aromatic carbocycles. The fourth-order valence-electron chi connectivity index (χ4n) is 3.75. The monoisotopic (exact) mass is 303 g/mol. The summed E-state index contributed by atoms with van der Waals surface area (Å²) in [5.74, 6) is 0.638. The van der Waals surface area contributed by atoms with Crippen LogP contribution in [0.3, 0.4) is 0 Å². The third-order valence-corrected chi connectivity index (χ3v) is 4.92. The SMILES string of the molecule is Cc1ccc(N2CCC(CN3CCCCC3)C2)c([N+](=O)[O-])c1. The van der Waals surface area contributed by atoms with Crippen LogP contribution < -0.4 is 4.90 Å². The molecule has 3 rings (SSSR count). The van der Waals surface area contributed by atoms with Gasteiger partial charge in [0.2, 0.25) is 0 Å². The molecule has 2 aliphatic rings. The molecule has 2 heterocycles. The summed E-state index contributed by atoms with van der Waals surface area (Å²) in [5, 5.41) is 11.3. The molecule has 0 radical (unpaired) electrons. The smallest absolute Gasteiger partial charge is 0.292 e. The first-order valence-electron chi connectivity index (χ1n) is 8.36. The summed E-state index contributed by atoms with van der Waals surface area (Å²) in [4.78, 5) is 15.8. The minimum absolute atomic E-state index is 0.249. The highest BCUT2D eigenvalue weighted by molar-refractivity contribution is 5.64. The Bertz CT molecular complexity index is 541. The van der Waals surface area contributed by atoms with Crippen molar-refractivity contribution in [1.29, 1.82) is 0 Å². The van der Waals surface area contributed by atoms with Crippen molar-refractivity contribution in [3.05, 3.63) is 33.9 Å². The van der Waals surface area contributed by atoms with E-state index in [-0.39, 0.29) is 10.6 Å². The van der Waals surface area contributed by atoms with Crippen molar-refractivity contribution in [2.75, 3.05) is 37.6 Å². The van der Waals surface area contributed by atoms with Crippen molar-refractivity contribution in [3.8, 4) is 0 Å². The van der Waals surface area contributed by atoms with Crippen LogP contribution in [0.5, 0.6) is 0 Å². The number of aryl methyl sites for hydroxylation is 1. The molecule has 1 unspecified atom stereocenters. The minimum Gasteiger partial charge on any atom is -0.366 e. The second kappa shape index (κ2) is 6.65. The normalized spacial score (nSPS) is 23.0. The molecule has 2 aliphatic heterocycles. The second-order valence-electron chi connectivity index (χ2n) is 6.71. The molecule has 5 nitrogen and oxygen atoms in total. The van der Waals surface area contributed by atoms with Gasteiger partial charge in [-0.1, -0.05) is 12.5 Å². The number of anilines is 1. The van der Waals surface area contributed by atoms with E-state index < -0.39 is 0 Å². The molecule has 0 N–H and O–H groups in total. The molecule has 120 valence electrons. The quantitative estimate of drug-likeness (QED) is 0.633. The highest BCUT2D eigenvalue weighted by Gasteiger charge is 2.29. The number of rotatable bonds is 4. The number of hydrogen-bond donors (Lipinski definition) is 0. The Morgan fingerprint density at radius 2 is 2.00 bits per heavy atom. The van der Waals surface area contributed by atoms with Crippen molar-refractivity contribution in [3.63, 3.8) is 0 Å². The molecule has 1 atom stereocenters. The molecule has 0 aliphatic carbocycles.